The number of ketones is 1. The predicted octanol–water partition coefficient (Wildman–Crippen LogP) is 3.47. The molecule has 0 amide bonds. The highest BCUT2D eigenvalue weighted by atomic mass is 32.1. The van der Waals surface area contributed by atoms with E-state index in [1.54, 1.807) is 11.3 Å². The van der Waals surface area contributed by atoms with Gasteiger partial charge in [0.05, 0.1) is 10.4 Å². The van der Waals surface area contributed by atoms with Gasteiger partial charge in [-0.15, -0.1) is 11.3 Å². The van der Waals surface area contributed by atoms with Gasteiger partial charge in [0.15, 0.2) is 5.78 Å². The lowest BCUT2D eigenvalue weighted by atomic mass is 9.88. The number of nitrogens with zero attached hydrogens (tertiary/aromatic N) is 1. The number of hydrogen-bond donors (Lipinski definition) is 0. The SMILES string of the molecule is Cn1cc2sccc2c1C(=O)C(C)(C)C. The van der Waals surface area contributed by atoms with E-state index in [1.165, 1.54) is 4.70 Å². The van der Waals surface area contributed by atoms with Gasteiger partial charge in [-0.25, -0.2) is 0 Å². The molecular weight excluding hydrogens is 206 g/mol. The van der Waals surface area contributed by atoms with Crippen LogP contribution in [0.15, 0.2) is 17.6 Å². The van der Waals surface area contributed by atoms with Crippen molar-refractivity contribution in [2.24, 2.45) is 12.5 Å². The van der Waals surface area contributed by atoms with E-state index in [-0.39, 0.29) is 11.2 Å². The van der Waals surface area contributed by atoms with Gasteiger partial charge in [0.1, 0.15) is 0 Å². The molecule has 15 heavy (non-hydrogen) atoms. The Labute approximate surface area is 93.5 Å². The number of rotatable bonds is 1. The summed E-state index contributed by atoms with van der Waals surface area (Å²) in [5.74, 6) is 0.207. The average molecular weight is 221 g/mol. The van der Waals surface area contributed by atoms with E-state index in [0.29, 0.717) is 0 Å². The molecule has 0 aliphatic carbocycles. The van der Waals surface area contributed by atoms with Crippen molar-refractivity contribution in [1.29, 1.82) is 0 Å². The molecule has 0 unspecified atom stereocenters. The lowest BCUT2D eigenvalue weighted by Crippen LogP contribution is -2.22. The second-order valence-electron chi connectivity index (χ2n) is 4.87. The third-order valence-corrected chi connectivity index (χ3v) is 3.36. The Bertz CT molecular complexity index is 513. The van der Waals surface area contributed by atoms with Crippen molar-refractivity contribution >= 4 is 27.2 Å². The number of thiophene rings is 1. The maximum atomic E-state index is 12.2. The minimum atomic E-state index is -0.318. The van der Waals surface area contributed by atoms with Gasteiger partial charge in [-0.1, -0.05) is 20.8 Å². The molecule has 2 nitrogen and oxygen atoms in total. The highest BCUT2D eigenvalue weighted by molar-refractivity contribution is 7.17. The van der Waals surface area contributed by atoms with Crippen LogP contribution in [0.4, 0.5) is 0 Å². The van der Waals surface area contributed by atoms with Crippen LogP contribution < -0.4 is 0 Å². The summed E-state index contributed by atoms with van der Waals surface area (Å²) in [6.45, 7) is 5.88. The summed E-state index contributed by atoms with van der Waals surface area (Å²) in [5.41, 5.74) is 0.514. The van der Waals surface area contributed by atoms with Gasteiger partial charge in [-0.2, -0.15) is 0 Å². The number of fused-ring (bicyclic) bond motifs is 1. The monoisotopic (exact) mass is 221 g/mol. The van der Waals surface area contributed by atoms with Crippen molar-refractivity contribution in [2.75, 3.05) is 0 Å². The van der Waals surface area contributed by atoms with E-state index in [4.69, 9.17) is 0 Å². The quantitative estimate of drug-likeness (QED) is 0.676. The van der Waals surface area contributed by atoms with E-state index in [1.807, 2.05) is 50.0 Å². The van der Waals surface area contributed by atoms with Crippen LogP contribution in [0.3, 0.4) is 0 Å². The van der Waals surface area contributed by atoms with Gasteiger partial charge < -0.3 is 4.57 Å². The highest BCUT2D eigenvalue weighted by Crippen LogP contribution is 2.30. The first kappa shape index (κ1) is 10.4. The molecule has 0 spiro atoms. The van der Waals surface area contributed by atoms with Crippen molar-refractivity contribution < 1.29 is 4.79 Å². The van der Waals surface area contributed by atoms with Crippen LogP contribution in [-0.4, -0.2) is 10.4 Å². The van der Waals surface area contributed by atoms with E-state index < -0.39 is 0 Å². The molecule has 0 saturated heterocycles. The van der Waals surface area contributed by atoms with E-state index in [0.717, 1.165) is 11.1 Å². The first-order valence-electron chi connectivity index (χ1n) is 4.98. The molecule has 80 valence electrons. The molecule has 0 aliphatic heterocycles. The number of aryl methyl sites for hydroxylation is 1. The maximum absolute atomic E-state index is 12.2. The molecule has 2 aromatic heterocycles. The zero-order valence-corrected chi connectivity index (χ0v) is 10.3. The number of Topliss-reactive ketones (excluding diaryl/α,β-unsaturated/α-hetero) is 1. The third kappa shape index (κ3) is 1.61. The summed E-state index contributed by atoms with van der Waals surface area (Å²) in [4.78, 5) is 12.2. The Morgan fingerprint density at radius 3 is 2.67 bits per heavy atom. The number of hydrogen-bond acceptors (Lipinski definition) is 2. The smallest absolute Gasteiger partial charge is 0.185 e. The van der Waals surface area contributed by atoms with Gasteiger partial charge in [-0.3, -0.25) is 4.79 Å². The zero-order valence-electron chi connectivity index (χ0n) is 9.50. The van der Waals surface area contributed by atoms with E-state index in [2.05, 4.69) is 0 Å². The van der Waals surface area contributed by atoms with Gasteiger partial charge in [0, 0.05) is 24.0 Å². The molecule has 0 bridgehead atoms. The van der Waals surface area contributed by atoms with Crippen LogP contribution in [-0.2, 0) is 7.05 Å². The van der Waals surface area contributed by atoms with Crippen molar-refractivity contribution in [2.45, 2.75) is 20.8 Å². The van der Waals surface area contributed by atoms with Crippen molar-refractivity contribution in [3.05, 3.63) is 23.3 Å². The fourth-order valence-electron chi connectivity index (χ4n) is 1.68. The molecule has 2 rings (SSSR count). The normalized spacial score (nSPS) is 12.3. The summed E-state index contributed by atoms with van der Waals surface area (Å²) in [5, 5.41) is 3.12. The predicted molar refractivity (Wildman–Crippen MR) is 64.6 cm³/mol. The van der Waals surface area contributed by atoms with Crippen LogP contribution in [0.5, 0.6) is 0 Å². The molecule has 0 fully saturated rings. The van der Waals surface area contributed by atoms with Crippen molar-refractivity contribution in [3.8, 4) is 0 Å². The molecule has 0 atom stereocenters. The van der Waals surface area contributed by atoms with Crippen LogP contribution in [0.1, 0.15) is 31.3 Å². The topological polar surface area (TPSA) is 22.0 Å². The van der Waals surface area contributed by atoms with Crippen LogP contribution in [0.25, 0.3) is 10.1 Å². The molecule has 0 aliphatic rings. The fraction of sp³-hybridized carbons (Fsp3) is 0.417. The van der Waals surface area contributed by atoms with Crippen LogP contribution in [0, 0.1) is 5.41 Å². The summed E-state index contributed by atoms with van der Waals surface area (Å²) >= 11 is 1.68. The Kier molecular flexibility index (Phi) is 2.23. The van der Waals surface area contributed by atoms with Crippen molar-refractivity contribution in [1.82, 2.24) is 4.57 Å². The van der Waals surface area contributed by atoms with Crippen molar-refractivity contribution in [3.63, 3.8) is 0 Å². The standard InChI is InChI=1S/C12H15NOS/c1-12(2,3)11(14)10-8-5-6-15-9(8)7-13(10)4/h5-7H,1-4H3. The molecule has 0 N–H and O–H groups in total. The van der Waals surface area contributed by atoms with E-state index >= 15 is 0 Å². The minimum absolute atomic E-state index is 0.207. The van der Waals surface area contributed by atoms with Crippen LogP contribution >= 0.6 is 11.3 Å². The number of carbonyl (C=O) groups excluding carboxylic acids is 1. The summed E-state index contributed by atoms with van der Waals surface area (Å²) in [6.07, 6.45) is 2.03. The molecule has 0 aromatic carbocycles. The average Bonchev–Trinajstić information content (AvgIpc) is 2.60. The second kappa shape index (κ2) is 3.20. The van der Waals surface area contributed by atoms with Gasteiger partial charge in [-0.05, 0) is 11.4 Å². The Morgan fingerprint density at radius 1 is 1.40 bits per heavy atom. The Hall–Kier alpha value is -1.09. The lowest BCUT2D eigenvalue weighted by Gasteiger charge is -2.17. The maximum Gasteiger partial charge on any atom is 0.185 e. The van der Waals surface area contributed by atoms with Gasteiger partial charge in [0.2, 0.25) is 0 Å². The molecule has 0 radical (unpaired) electrons. The highest BCUT2D eigenvalue weighted by Gasteiger charge is 2.27. The lowest BCUT2D eigenvalue weighted by molar-refractivity contribution is 0.0851. The molecular formula is C12H15NOS. The molecule has 0 saturated carbocycles. The molecule has 3 heteroatoms. The summed E-state index contributed by atoms with van der Waals surface area (Å²) in [7, 11) is 1.94. The fourth-order valence-corrected chi connectivity index (χ4v) is 2.55. The second-order valence-corrected chi connectivity index (χ2v) is 5.81. The Morgan fingerprint density at radius 2 is 2.07 bits per heavy atom. The zero-order chi connectivity index (χ0) is 11.2. The van der Waals surface area contributed by atoms with E-state index in [9.17, 15) is 4.79 Å². The first-order valence-corrected chi connectivity index (χ1v) is 5.86. The molecule has 2 heterocycles. The number of carbonyl (C=O) groups is 1. The largest absolute Gasteiger partial charge is 0.346 e. The number of aromatic nitrogens is 1. The van der Waals surface area contributed by atoms with Crippen LogP contribution in [0.2, 0.25) is 0 Å². The van der Waals surface area contributed by atoms with Gasteiger partial charge in [0.25, 0.3) is 0 Å². The molecule has 2 aromatic rings. The first-order chi connectivity index (χ1) is 6.91. The Balaban J connectivity index is 2.64. The minimum Gasteiger partial charge on any atom is -0.346 e. The van der Waals surface area contributed by atoms with Gasteiger partial charge >= 0.3 is 0 Å². The summed E-state index contributed by atoms with van der Waals surface area (Å²) in [6, 6.07) is 2.03. The third-order valence-electron chi connectivity index (χ3n) is 2.51. The summed E-state index contributed by atoms with van der Waals surface area (Å²) < 4.78 is 3.12.